The monoisotopic (exact) mass is 462 g/mol. The Balaban J connectivity index is 1.59. The summed E-state index contributed by atoms with van der Waals surface area (Å²) in [4.78, 5) is 43.2. The van der Waals surface area contributed by atoms with Gasteiger partial charge in [0.2, 0.25) is 11.8 Å². The summed E-state index contributed by atoms with van der Waals surface area (Å²) in [6.07, 6.45) is 0.626. The number of rotatable bonds is 8. The molecule has 1 atom stereocenters. The van der Waals surface area contributed by atoms with Crippen molar-refractivity contribution in [2.24, 2.45) is 16.7 Å². The predicted molar refractivity (Wildman–Crippen MR) is 131 cm³/mol. The maximum absolute atomic E-state index is 13.8. The van der Waals surface area contributed by atoms with Crippen molar-refractivity contribution >= 4 is 23.4 Å². The van der Waals surface area contributed by atoms with Crippen molar-refractivity contribution in [2.75, 3.05) is 18.1 Å². The number of nitrogens with zero attached hydrogens (tertiary/aromatic N) is 2. The Bertz CT molecular complexity index is 1060. The fourth-order valence-electron chi connectivity index (χ4n) is 5.28. The zero-order valence-corrected chi connectivity index (χ0v) is 20.7. The second-order valence-corrected chi connectivity index (χ2v) is 10.4. The lowest BCUT2D eigenvalue weighted by Crippen LogP contribution is -2.47. The van der Waals surface area contributed by atoms with Crippen molar-refractivity contribution < 1.29 is 19.1 Å². The molecule has 2 aliphatic rings. The Labute approximate surface area is 201 Å². The van der Waals surface area contributed by atoms with E-state index in [1.807, 2.05) is 37.3 Å². The molecule has 3 amide bonds. The van der Waals surface area contributed by atoms with Crippen LogP contribution < -0.4 is 9.64 Å². The summed E-state index contributed by atoms with van der Waals surface area (Å²) >= 11 is 0. The van der Waals surface area contributed by atoms with Crippen LogP contribution in [0.15, 0.2) is 54.6 Å². The van der Waals surface area contributed by atoms with Gasteiger partial charge in [-0.15, -0.1) is 0 Å². The van der Waals surface area contributed by atoms with Crippen LogP contribution in [0.2, 0.25) is 0 Å². The first-order chi connectivity index (χ1) is 16.1. The minimum atomic E-state index is -0.789. The molecule has 1 saturated heterocycles. The van der Waals surface area contributed by atoms with Crippen LogP contribution >= 0.6 is 0 Å². The van der Waals surface area contributed by atoms with E-state index in [4.69, 9.17) is 4.74 Å². The van der Waals surface area contributed by atoms with Crippen molar-refractivity contribution in [1.29, 1.82) is 0 Å². The van der Waals surface area contributed by atoms with E-state index < -0.39 is 6.04 Å². The van der Waals surface area contributed by atoms with E-state index in [0.717, 1.165) is 5.56 Å². The molecule has 0 radical (unpaired) electrons. The summed E-state index contributed by atoms with van der Waals surface area (Å²) in [5.74, 6) is -0.165. The van der Waals surface area contributed by atoms with Gasteiger partial charge in [-0.25, -0.2) is 4.90 Å². The lowest BCUT2D eigenvalue weighted by atomic mass is 10.0. The highest BCUT2D eigenvalue weighted by molar-refractivity contribution is 6.23. The first kappa shape index (κ1) is 24.0. The van der Waals surface area contributed by atoms with Gasteiger partial charge in [-0.1, -0.05) is 58.0 Å². The van der Waals surface area contributed by atoms with Crippen LogP contribution in [0, 0.1) is 16.7 Å². The summed E-state index contributed by atoms with van der Waals surface area (Å²) in [5, 5.41) is 0. The number of anilines is 1. The first-order valence-electron chi connectivity index (χ1n) is 12.0. The quantitative estimate of drug-likeness (QED) is 0.543. The molecule has 2 aromatic carbocycles. The summed E-state index contributed by atoms with van der Waals surface area (Å²) in [7, 11) is 0. The Morgan fingerprint density at radius 1 is 1.00 bits per heavy atom. The topological polar surface area (TPSA) is 66.9 Å². The predicted octanol–water partition coefficient (Wildman–Crippen LogP) is 4.47. The molecule has 0 aromatic heterocycles. The second-order valence-electron chi connectivity index (χ2n) is 10.4. The molecule has 1 unspecified atom stereocenters. The Kier molecular flexibility index (Phi) is 6.28. The lowest BCUT2D eigenvalue weighted by Gasteiger charge is -2.29. The van der Waals surface area contributed by atoms with E-state index >= 15 is 0 Å². The molecular weight excluding hydrogens is 428 g/mol. The first-order valence-corrected chi connectivity index (χ1v) is 12.0. The minimum Gasteiger partial charge on any atom is -0.494 e. The molecule has 0 N–H and O–H groups in total. The zero-order chi connectivity index (χ0) is 24.7. The summed E-state index contributed by atoms with van der Waals surface area (Å²) in [5.41, 5.74) is 1.28. The SMILES string of the molecule is CCOc1ccc(N2C(=O)CC(N(CCc3ccccc3)C(=O)C3C(C)(C)C3(C)C)C2=O)cc1. The maximum Gasteiger partial charge on any atom is 0.257 e. The fraction of sp³-hybridized carbons (Fsp3) is 0.464. The molecule has 1 aliphatic heterocycles. The Hall–Kier alpha value is -3.15. The van der Waals surface area contributed by atoms with Gasteiger partial charge in [0.05, 0.1) is 18.7 Å². The molecule has 1 saturated carbocycles. The molecule has 4 rings (SSSR count). The van der Waals surface area contributed by atoms with Crippen molar-refractivity contribution in [3.8, 4) is 5.75 Å². The average molecular weight is 463 g/mol. The van der Waals surface area contributed by atoms with Crippen molar-refractivity contribution in [2.45, 2.75) is 53.5 Å². The maximum atomic E-state index is 13.8. The van der Waals surface area contributed by atoms with Gasteiger partial charge in [0.15, 0.2) is 0 Å². The summed E-state index contributed by atoms with van der Waals surface area (Å²) in [6.45, 7) is 11.2. The molecule has 180 valence electrons. The molecule has 1 heterocycles. The van der Waals surface area contributed by atoms with Crippen LogP contribution in [0.1, 0.15) is 46.6 Å². The number of ether oxygens (including phenoxy) is 1. The number of benzene rings is 2. The van der Waals surface area contributed by atoms with Gasteiger partial charge in [-0.2, -0.15) is 0 Å². The van der Waals surface area contributed by atoms with Gasteiger partial charge in [0.25, 0.3) is 5.91 Å². The number of imide groups is 1. The highest BCUT2D eigenvalue weighted by atomic mass is 16.5. The number of carbonyl (C=O) groups excluding carboxylic acids is 3. The third-order valence-electron chi connectivity index (χ3n) is 7.94. The average Bonchev–Trinajstić information content (AvgIpc) is 3.03. The van der Waals surface area contributed by atoms with Crippen LogP contribution in [0.4, 0.5) is 5.69 Å². The molecule has 34 heavy (non-hydrogen) atoms. The van der Waals surface area contributed by atoms with E-state index in [2.05, 4.69) is 27.7 Å². The summed E-state index contributed by atoms with van der Waals surface area (Å²) in [6, 6.07) is 16.1. The molecule has 2 fully saturated rings. The Morgan fingerprint density at radius 3 is 2.18 bits per heavy atom. The third kappa shape index (κ3) is 4.10. The molecule has 0 bridgehead atoms. The van der Waals surface area contributed by atoms with Crippen LogP contribution in [-0.2, 0) is 20.8 Å². The van der Waals surface area contributed by atoms with Gasteiger partial charge >= 0.3 is 0 Å². The largest absolute Gasteiger partial charge is 0.494 e. The third-order valence-corrected chi connectivity index (χ3v) is 7.94. The Morgan fingerprint density at radius 2 is 1.62 bits per heavy atom. The number of amides is 3. The second kappa shape index (κ2) is 8.90. The van der Waals surface area contributed by atoms with Gasteiger partial charge < -0.3 is 9.64 Å². The van der Waals surface area contributed by atoms with Gasteiger partial charge in [0, 0.05) is 12.5 Å². The molecule has 1 aliphatic carbocycles. The van der Waals surface area contributed by atoms with Gasteiger partial charge in [-0.3, -0.25) is 14.4 Å². The van der Waals surface area contributed by atoms with E-state index in [-0.39, 0.29) is 40.9 Å². The van der Waals surface area contributed by atoms with E-state index in [0.29, 0.717) is 31.0 Å². The number of carbonyl (C=O) groups is 3. The summed E-state index contributed by atoms with van der Waals surface area (Å²) < 4.78 is 5.47. The minimum absolute atomic E-state index is 0.000150. The molecular formula is C28H34N2O4. The highest BCUT2D eigenvalue weighted by Gasteiger charge is 2.69. The number of hydrogen-bond donors (Lipinski definition) is 0. The standard InChI is InChI=1S/C28H34N2O4/c1-6-34-21-14-12-20(13-15-21)30-23(31)18-22(25(30)32)29(17-16-19-10-8-7-9-11-19)26(33)24-27(2,3)28(24,4)5/h7-15,22,24H,6,16-18H2,1-5H3. The van der Waals surface area contributed by atoms with Crippen molar-refractivity contribution in [1.82, 2.24) is 4.90 Å². The smallest absolute Gasteiger partial charge is 0.257 e. The zero-order valence-electron chi connectivity index (χ0n) is 20.7. The van der Waals surface area contributed by atoms with Crippen LogP contribution in [0.25, 0.3) is 0 Å². The lowest BCUT2D eigenvalue weighted by molar-refractivity contribution is -0.140. The van der Waals surface area contributed by atoms with Gasteiger partial charge in [0.1, 0.15) is 11.8 Å². The highest BCUT2D eigenvalue weighted by Crippen LogP contribution is 2.69. The van der Waals surface area contributed by atoms with Crippen molar-refractivity contribution in [3.63, 3.8) is 0 Å². The van der Waals surface area contributed by atoms with E-state index in [9.17, 15) is 14.4 Å². The normalized spacial score (nSPS) is 21.0. The molecule has 2 aromatic rings. The molecule has 0 spiro atoms. The van der Waals surface area contributed by atoms with Crippen molar-refractivity contribution in [3.05, 3.63) is 60.2 Å². The molecule has 6 nitrogen and oxygen atoms in total. The van der Waals surface area contributed by atoms with Crippen LogP contribution in [0.3, 0.4) is 0 Å². The fourth-order valence-corrected chi connectivity index (χ4v) is 5.28. The van der Waals surface area contributed by atoms with Gasteiger partial charge in [-0.05, 0) is 54.0 Å². The molecule has 6 heteroatoms. The number of hydrogen-bond acceptors (Lipinski definition) is 4. The van der Waals surface area contributed by atoms with E-state index in [1.54, 1.807) is 29.2 Å². The van der Waals surface area contributed by atoms with E-state index in [1.165, 1.54) is 4.90 Å². The van der Waals surface area contributed by atoms with Crippen LogP contribution in [0.5, 0.6) is 5.75 Å². The van der Waals surface area contributed by atoms with Crippen LogP contribution in [-0.4, -0.2) is 41.8 Å².